The fourth-order valence-corrected chi connectivity index (χ4v) is 3.80. The number of hydrogen-bond donors (Lipinski definition) is 2. The number of benzene rings is 2. The van der Waals surface area contributed by atoms with Gasteiger partial charge in [0.1, 0.15) is 12.0 Å². The Kier molecular flexibility index (Phi) is 6.43. The van der Waals surface area contributed by atoms with Crippen molar-refractivity contribution in [1.82, 2.24) is 15.5 Å². The zero-order valence-corrected chi connectivity index (χ0v) is 17.0. The highest BCUT2D eigenvalue weighted by Crippen LogP contribution is 2.32. The quantitative estimate of drug-likeness (QED) is 0.433. The van der Waals surface area contributed by atoms with Crippen LogP contribution in [0.5, 0.6) is 0 Å². The molecule has 1 unspecified atom stereocenters. The highest BCUT2D eigenvalue weighted by molar-refractivity contribution is 5.54. The van der Waals surface area contributed by atoms with Crippen LogP contribution in [-0.2, 0) is 12.7 Å². The van der Waals surface area contributed by atoms with Gasteiger partial charge in [-0.05, 0) is 50.2 Å². The summed E-state index contributed by atoms with van der Waals surface area (Å²) < 4.78 is 57.6. The Hall–Kier alpha value is -2.98. The van der Waals surface area contributed by atoms with Crippen LogP contribution in [0.1, 0.15) is 24.3 Å². The maximum atomic E-state index is 14.9. The number of nitrogens with zero attached hydrogens (tertiary/aromatic N) is 3. The first-order valence-corrected chi connectivity index (χ1v) is 10.2. The summed E-state index contributed by atoms with van der Waals surface area (Å²) in [6.07, 6.45) is -4.00. The molecule has 6 nitrogen and oxygen atoms in total. The van der Waals surface area contributed by atoms with Crippen molar-refractivity contribution < 1.29 is 27.1 Å². The minimum Gasteiger partial charge on any atom is -0.413 e. The Morgan fingerprint density at radius 3 is 2.44 bits per heavy atom. The molecule has 0 aliphatic carbocycles. The Morgan fingerprint density at radius 1 is 1.09 bits per heavy atom. The van der Waals surface area contributed by atoms with E-state index in [1.54, 1.807) is 4.90 Å². The molecule has 1 aromatic heterocycles. The van der Waals surface area contributed by atoms with Gasteiger partial charge in [0.05, 0.1) is 0 Å². The third-order valence-corrected chi connectivity index (χ3v) is 5.52. The molecule has 32 heavy (non-hydrogen) atoms. The lowest BCUT2D eigenvalue weighted by Crippen LogP contribution is -2.44. The monoisotopic (exact) mass is 450 g/mol. The second-order valence-electron chi connectivity index (χ2n) is 7.68. The first-order chi connectivity index (χ1) is 15.3. The number of nitrogens with one attached hydrogen (secondary N) is 1. The molecule has 0 bridgehead atoms. The fraction of sp³-hybridized carbons (Fsp3) is 0.364. The van der Waals surface area contributed by atoms with Gasteiger partial charge in [-0.2, -0.15) is 13.2 Å². The van der Waals surface area contributed by atoms with Gasteiger partial charge in [-0.3, -0.25) is 0 Å². The fourth-order valence-electron chi connectivity index (χ4n) is 3.80. The van der Waals surface area contributed by atoms with E-state index >= 15 is 0 Å². The number of hydrogen-bond acceptors (Lipinski definition) is 6. The largest absolute Gasteiger partial charge is 0.470 e. The SMILES string of the molecule is OC(C1CCNCC1)N(Cc1ccc(-c2nnc(C(F)(F)F)o2)cc1F)c1ccccc1. The van der Waals surface area contributed by atoms with Gasteiger partial charge >= 0.3 is 12.1 Å². The zero-order chi connectivity index (χ0) is 22.7. The highest BCUT2D eigenvalue weighted by atomic mass is 19.4. The lowest BCUT2D eigenvalue weighted by atomic mass is 9.94. The molecule has 0 saturated carbocycles. The molecule has 2 N–H and O–H groups in total. The van der Waals surface area contributed by atoms with Crippen LogP contribution in [0.3, 0.4) is 0 Å². The van der Waals surface area contributed by atoms with Gasteiger partial charge in [-0.25, -0.2) is 4.39 Å². The molecular weight excluding hydrogens is 428 g/mol. The predicted molar refractivity (Wildman–Crippen MR) is 109 cm³/mol. The molecule has 0 spiro atoms. The van der Waals surface area contributed by atoms with Crippen LogP contribution in [0.25, 0.3) is 11.5 Å². The van der Waals surface area contributed by atoms with Gasteiger partial charge in [0.15, 0.2) is 0 Å². The van der Waals surface area contributed by atoms with Crippen molar-refractivity contribution in [2.45, 2.75) is 31.8 Å². The third kappa shape index (κ3) is 4.91. The molecule has 1 fully saturated rings. The second-order valence-corrected chi connectivity index (χ2v) is 7.68. The van der Waals surface area contributed by atoms with Crippen molar-refractivity contribution >= 4 is 5.69 Å². The topological polar surface area (TPSA) is 74.4 Å². The molecule has 0 radical (unpaired) electrons. The minimum atomic E-state index is -4.77. The summed E-state index contributed by atoms with van der Waals surface area (Å²) in [5, 5.41) is 20.7. The van der Waals surface area contributed by atoms with Crippen molar-refractivity contribution in [1.29, 1.82) is 0 Å². The van der Waals surface area contributed by atoms with Gasteiger partial charge < -0.3 is 19.7 Å². The van der Waals surface area contributed by atoms with Gasteiger partial charge in [-0.1, -0.05) is 24.3 Å². The van der Waals surface area contributed by atoms with Crippen molar-refractivity contribution in [2.24, 2.45) is 5.92 Å². The summed E-state index contributed by atoms with van der Waals surface area (Å²) >= 11 is 0. The van der Waals surface area contributed by atoms with E-state index in [2.05, 4.69) is 19.9 Å². The molecule has 10 heteroatoms. The molecule has 1 saturated heterocycles. The lowest BCUT2D eigenvalue weighted by Gasteiger charge is -2.37. The predicted octanol–water partition coefficient (Wildman–Crippen LogP) is 4.22. The van der Waals surface area contributed by atoms with E-state index in [4.69, 9.17) is 0 Å². The molecule has 170 valence electrons. The number of piperidine rings is 1. The molecule has 4 rings (SSSR count). The third-order valence-electron chi connectivity index (χ3n) is 5.52. The maximum Gasteiger partial charge on any atom is 0.470 e. The van der Waals surface area contributed by atoms with E-state index in [9.17, 15) is 22.7 Å². The summed E-state index contributed by atoms with van der Waals surface area (Å²) in [5.41, 5.74) is 1.06. The Bertz CT molecular complexity index is 1040. The number of aliphatic hydroxyl groups excluding tert-OH is 1. The van der Waals surface area contributed by atoms with Crippen LogP contribution >= 0.6 is 0 Å². The van der Waals surface area contributed by atoms with E-state index in [0.29, 0.717) is 0 Å². The smallest absolute Gasteiger partial charge is 0.413 e. The first-order valence-electron chi connectivity index (χ1n) is 10.2. The Balaban J connectivity index is 1.59. The maximum absolute atomic E-state index is 14.9. The number of rotatable bonds is 6. The normalized spacial score (nSPS) is 16.2. The number of anilines is 1. The first kappa shape index (κ1) is 22.2. The van der Waals surface area contributed by atoms with Crippen LogP contribution in [0.2, 0.25) is 0 Å². The van der Waals surface area contributed by atoms with Crippen LogP contribution in [0.4, 0.5) is 23.2 Å². The Labute approximate surface area is 181 Å². The Morgan fingerprint density at radius 2 is 1.81 bits per heavy atom. The molecule has 1 aliphatic heterocycles. The van der Waals surface area contributed by atoms with Crippen molar-refractivity contribution in [3.63, 3.8) is 0 Å². The molecule has 3 aromatic rings. The van der Waals surface area contributed by atoms with E-state index < -0.39 is 30.0 Å². The van der Waals surface area contributed by atoms with Gasteiger partial charge in [-0.15, -0.1) is 10.2 Å². The summed E-state index contributed by atoms with van der Waals surface area (Å²) in [4.78, 5) is 1.74. The average Bonchev–Trinajstić information content (AvgIpc) is 3.30. The summed E-state index contributed by atoms with van der Waals surface area (Å²) in [6, 6.07) is 13.1. The van der Waals surface area contributed by atoms with E-state index in [1.807, 2.05) is 30.3 Å². The van der Waals surface area contributed by atoms with Crippen molar-refractivity contribution in [2.75, 3.05) is 18.0 Å². The molecule has 0 amide bonds. The number of aliphatic hydroxyl groups is 1. The van der Waals surface area contributed by atoms with E-state index in [0.717, 1.165) is 37.7 Å². The van der Waals surface area contributed by atoms with E-state index in [-0.39, 0.29) is 23.6 Å². The number of para-hydroxylation sites is 1. The van der Waals surface area contributed by atoms with Gasteiger partial charge in [0.25, 0.3) is 0 Å². The molecule has 2 aromatic carbocycles. The van der Waals surface area contributed by atoms with Gasteiger partial charge in [0.2, 0.25) is 5.89 Å². The van der Waals surface area contributed by atoms with Crippen molar-refractivity contribution in [3.8, 4) is 11.5 Å². The lowest BCUT2D eigenvalue weighted by molar-refractivity contribution is -0.156. The number of aromatic nitrogens is 2. The summed E-state index contributed by atoms with van der Waals surface area (Å²) in [5.74, 6) is -2.53. The van der Waals surface area contributed by atoms with E-state index in [1.165, 1.54) is 12.1 Å². The molecule has 1 atom stereocenters. The molecular formula is C22H22F4N4O2. The average molecular weight is 450 g/mol. The van der Waals surface area contributed by atoms with Crippen molar-refractivity contribution in [3.05, 3.63) is 65.8 Å². The zero-order valence-electron chi connectivity index (χ0n) is 17.0. The van der Waals surface area contributed by atoms with Crippen LogP contribution < -0.4 is 10.2 Å². The van der Waals surface area contributed by atoms with Gasteiger partial charge in [0, 0.05) is 29.3 Å². The highest BCUT2D eigenvalue weighted by Gasteiger charge is 2.38. The van der Waals surface area contributed by atoms with Crippen LogP contribution in [-0.4, -0.2) is 34.6 Å². The molecule has 1 aliphatic rings. The standard InChI is InChI=1S/C22H22F4N4O2/c23-18-12-15(19-28-29-21(32-19)22(24,25)26)6-7-16(18)13-30(17-4-2-1-3-5-17)20(31)14-8-10-27-11-9-14/h1-7,12,14,20,27,31H,8-11,13H2. The molecule has 2 heterocycles. The minimum absolute atomic E-state index is 0.0259. The second kappa shape index (κ2) is 9.25. The van der Waals surface area contributed by atoms with Crippen LogP contribution in [0, 0.1) is 11.7 Å². The van der Waals surface area contributed by atoms with Crippen LogP contribution in [0.15, 0.2) is 52.9 Å². The summed E-state index contributed by atoms with van der Waals surface area (Å²) in [6.45, 7) is 1.69. The number of halogens is 4. The number of alkyl halides is 3. The summed E-state index contributed by atoms with van der Waals surface area (Å²) in [7, 11) is 0.